The van der Waals surface area contributed by atoms with Gasteiger partial charge in [0.25, 0.3) is 5.91 Å². The number of carbonyl (C=O) groups is 1. The maximum absolute atomic E-state index is 12.3. The summed E-state index contributed by atoms with van der Waals surface area (Å²) in [5, 5.41) is 21.5. The molecule has 2 heterocycles. The first-order valence-corrected chi connectivity index (χ1v) is 11.1. The first-order chi connectivity index (χ1) is 16.2. The number of methoxy groups -OCH3 is 1. The highest BCUT2D eigenvalue weighted by Gasteiger charge is 2.15. The smallest absolute Gasteiger partial charge is 0.250 e. The molecule has 0 fully saturated rings. The molecule has 0 bridgehead atoms. The van der Waals surface area contributed by atoms with Crippen molar-refractivity contribution in [2.24, 2.45) is 5.10 Å². The van der Waals surface area contributed by atoms with Gasteiger partial charge in [-0.1, -0.05) is 47.3 Å². The third kappa shape index (κ3) is 5.26. The molecular formula is C22H22N8O2S. The first kappa shape index (κ1) is 22.2. The lowest BCUT2D eigenvalue weighted by Crippen LogP contribution is -2.20. The van der Waals surface area contributed by atoms with E-state index in [1.807, 2.05) is 53.1 Å². The number of nitrogens with one attached hydrogen (secondary N) is 1. The summed E-state index contributed by atoms with van der Waals surface area (Å²) in [6.45, 7) is 4.72. The number of carbonyl (C=O) groups excluding carboxylic acids is 1. The number of nitrogens with zero attached hydrogens (tertiary/aromatic N) is 7. The standard InChI is InChI=1S/C22H22N8O2S/c1-3-12-29-20(14-30-18-10-6-5-9-17(18)24-28-30)25-27-22(29)33-15-21(31)26-23-13-16-8-4-7-11-19(16)32-2/h3-11,13H,1,12,14-15H2,2H3,(H,26,31)/b23-13-. The third-order valence-corrected chi connectivity index (χ3v) is 5.65. The molecule has 1 amide bonds. The lowest BCUT2D eigenvalue weighted by atomic mass is 10.2. The number of hydrazone groups is 1. The second-order valence-electron chi connectivity index (χ2n) is 6.86. The molecule has 0 saturated heterocycles. The molecule has 10 nitrogen and oxygen atoms in total. The van der Waals surface area contributed by atoms with Crippen molar-refractivity contribution in [1.82, 2.24) is 35.2 Å². The van der Waals surface area contributed by atoms with Crippen LogP contribution in [0.1, 0.15) is 11.4 Å². The van der Waals surface area contributed by atoms with Gasteiger partial charge in [0.1, 0.15) is 17.8 Å². The van der Waals surface area contributed by atoms with Crippen molar-refractivity contribution in [3.05, 3.63) is 72.6 Å². The van der Waals surface area contributed by atoms with E-state index in [0.717, 1.165) is 16.6 Å². The molecule has 1 N–H and O–H groups in total. The molecule has 0 saturated carbocycles. The number of hydrogen-bond donors (Lipinski definition) is 1. The SMILES string of the molecule is C=CCn1c(Cn2nnc3ccccc32)nnc1SCC(=O)N/N=C\c1ccccc1OC. The van der Waals surface area contributed by atoms with Crippen molar-refractivity contribution < 1.29 is 9.53 Å². The van der Waals surface area contributed by atoms with Gasteiger partial charge in [-0.25, -0.2) is 10.1 Å². The highest BCUT2D eigenvalue weighted by molar-refractivity contribution is 7.99. The number of ether oxygens (including phenoxy) is 1. The number of para-hydroxylation sites is 2. The molecule has 4 rings (SSSR count). The van der Waals surface area contributed by atoms with Crippen molar-refractivity contribution in [1.29, 1.82) is 0 Å². The van der Waals surface area contributed by atoms with E-state index in [9.17, 15) is 4.79 Å². The quantitative estimate of drug-likeness (QED) is 0.167. The molecule has 0 unspecified atom stereocenters. The summed E-state index contributed by atoms with van der Waals surface area (Å²) in [5.41, 5.74) is 5.01. The number of amides is 1. The highest BCUT2D eigenvalue weighted by Crippen LogP contribution is 2.19. The van der Waals surface area contributed by atoms with Gasteiger partial charge in [0.15, 0.2) is 11.0 Å². The van der Waals surface area contributed by atoms with Crippen molar-refractivity contribution in [2.45, 2.75) is 18.2 Å². The lowest BCUT2D eigenvalue weighted by molar-refractivity contribution is -0.118. The van der Waals surface area contributed by atoms with Gasteiger partial charge in [0.05, 0.1) is 24.6 Å². The number of aromatic nitrogens is 6. The van der Waals surface area contributed by atoms with Crippen LogP contribution < -0.4 is 10.2 Å². The Balaban J connectivity index is 1.40. The fourth-order valence-electron chi connectivity index (χ4n) is 3.13. The molecule has 0 spiro atoms. The van der Waals surface area contributed by atoms with Gasteiger partial charge in [0, 0.05) is 12.1 Å². The summed E-state index contributed by atoms with van der Waals surface area (Å²) in [6, 6.07) is 15.1. The second kappa shape index (κ2) is 10.6. The maximum atomic E-state index is 12.3. The monoisotopic (exact) mass is 462 g/mol. The zero-order valence-electron chi connectivity index (χ0n) is 18.0. The Bertz CT molecular complexity index is 1300. The Morgan fingerprint density at radius 2 is 2.00 bits per heavy atom. The zero-order chi connectivity index (χ0) is 23.0. The summed E-state index contributed by atoms with van der Waals surface area (Å²) in [5.74, 6) is 1.24. The predicted octanol–water partition coefficient (Wildman–Crippen LogP) is 2.51. The summed E-state index contributed by atoms with van der Waals surface area (Å²) >= 11 is 1.27. The minimum Gasteiger partial charge on any atom is -0.496 e. The number of hydrogen-bond acceptors (Lipinski definition) is 8. The predicted molar refractivity (Wildman–Crippen MR) is 126 cm³/mol. The Kier molecular flexibility index (Phi) is 7.10. The molecule has 0 aliphatic heterocycles. The number of fused-ring (bicyclic) bond motifs is 1. The Morgan fingerprint density at radius 3 is 2.85 bits per heavy atom. The van der Waals surface area contributed by atoms with Crippen molar-refractivity contribution in [3.8, 4) is 5.75 Å². The Labute approximate surface area is 194 Å². The Morgan fingerprint density at radius 1 is 1.18 bits per heavy atom. The fourth-order valence-corrected chi connectivity index (χ4v) is 3.89. The molecule has 11 heteroatoms. The van der Waals surface area contributed by atoms with Crippen LogP contribution in [0.3, 0.4) is 0 Å². The van der Waals surface area contributed by atoms with Crippen LogP contribution in [0, 0.1) is 0 Å². The molecule has 0 aliphatic carbocycles. The van der Waals surface area contributed by atoms with Gasteiger partial charge in [-0.05, 0) is 24.3 Å². The maximum Gasteiger partial charge on any atom is 0.250 e. The normalized spacial score (nSPS) is 11.2. The van der Waals surface area contributed by atoms with E-state index >= 15 is 0 Å². The van der Waals surface area contributed by atoms with Crippen LogP contribution >= 0.6 is 11.8 Å². The van der Waals surface area contributed by atoms with Crippen LogP contribution in [0.5, 0.6) is 5.75 Å². The van der Waals surface area contributed by atoms with E-state index in [1.165, 1.54) is 11.8 Å². The minimum absolute atomic E-state index is 0.130. The summed E-state index contributed by atoms with van der Waals surface area (Å²) in [7, 11) is 1.58. The van der Waals surface area contributed by atoms with Crippen LogP contribution in [0.2, 0.25) is 0 Å². The number of thioether (sulfide) groups is 1. The van der Waals surface area contributed by atoms with Crippen molar-refractivity contribution >= 4 is 34.9 Å². The summed E-state index contributed by atoms with van der Waals surface area (Å²) in [4.78, 5) is 12.3. The van der Waals surface area contributed by atoms with E-state index in [4.69, 9.17) is 4.74 Å². The minimum atomic E-state index is -0.261. The fraction of sp³-hybridized carbons (Fsp3) is 0.182. The average Bonchev–Trinajstić information content (AvgIpc) is 3.43. The second-order valence-corrected chi connectivity index (χ2v) is 7.80. The molecule has 0 atom stereocenters. The van der Waals surface area contributed by atoms with Crippen molar-refractivity contribution in [2.75, 3.05) is 12.9 Å². The van der Waals surface area contributed by atoms with Gasteiger partial charge in [-0.2, -0.15) is 5.10 Å². The molecule has 168 valence electrons. The van der Waals surface area contributed by atoms with Crippen LogP contribution in [0.4, 0.5) is 0 Å². The van der Waals surface area contributed by atoms with E-state index in [2.05, 4.69) is 37.6 Å². The number of benzene rings is 2. The average molecular weight is 463 g/mol. The topological polar surface area (TPSA) is 112 Å². The molecule has 2 aromatic heterocycles. The molecule has 0 aliphatic rings. The van der Waals surface area contributed by atoms with Crippen LogP contribution in [-0.4, -0.2) is 54.7 Å². The molecular weight excluding hydrogens is 440 g/mol. The Hall–Kier alpha value is -3.99. The van der Waals surface area contributed by atoms with Gasteiger partial charge in [-0.15, -0.1) is 21.9 Å². The molecule has 4 aromatic rings. The third-order valence-electron chi connectivity index (χ3n) is 4.68. The van der Waals surface area contributed by atoms with E-state index < -0.39 is 0 Å². The van der Waals surface area contributed by atoms with Crippen LogP contribution in [0.15, 0.2) is 71.4 Å². The molecule has 0 radical (unpaired) electrons. The number of rotatable bonds is 10. The van der Waals surface area contributed by atoms with E-state index in [-0.39, 0.29) is 11.7 Å². The van der Waals surface area contributed by atoms with Crippen molar-refractivity contribution in [3.63, 3.8) is 0 Å². The van der Waals surface area contributed by atoms with E-state index in [0.29, 0.717) is 29.8 Å². The number of allylic oxidation sites excluding steroid dienone is 1. The van der Waals surface area contributed by atoms with Crippen LogP contribution in [-0.2, 0) is 17.9 Å². The summed E-state index contributed by atoms with van der Waals surface area (Å²) in [6.07, 6.45) is 3.30. The van der Waals surface area contributed by atoms with Crippen LogP contribution in [0.25, 0.3) is 11.0 Å². The van der Waals surface area contributed by atoms with E-state index in [1.54, 1.807) is 24.1 Å². The van der Waals surface area contributed by atoms with Gasteiger partial charge >= 0.3 is 0 Å². The largest absolute Gasteiger partial charge is 0.496 e. The molecule has 33 heavy (non-hydrogen) atoms. The van der Waals surface area contributed by atoms with Gasteiger partial charge < -0.3 is 9.30 Å². The zero-order valence-corrected chi connectivity index (χ0v) is 18.8. The first-order valence-electron chi connectivity index (χ1n) is 10.1. The highest BCUT2D eigenvalue weighted by atomic mass is 32.2. The molecule has 2 aromatic carbocycles. The summed E-state index contributed by atoms with van der Waals surface area (Å²) < 4.78 is 8.94. The lowest BCUT2D eigenvalue weighted by Gasteiger charge is -2.08. The van der Waals surface area contributed by atoms with Gasteiger partial charge in [0.2, 0.25) is 0 Å². The van der Waals surface area contributed by atoms with Gasteiger partial charge in [-0.3, -0.25) is 4.79 Å².